The van der Waals surface area contributed by atoms with Crippen LogP contribution in [0, 0.1) is 5.92 Å². The Balaban J connectivity index is 2.02. The third-order valence-electron chi connectivity index (χ3n) is 4.13. The maximum absolute atomic E-state index is 12.8. The van der Waals surface area contributed by atoms with Crippen molar-refractivity contribution in [3.63, 3.8) is 0 Å². The molecule has 5 heteroatoms. The van der Waals surface area contributed by atoms with Gasteiger partial charge in [0.2, 0.25) is 5.91 Å². The smallest absolute Gasteiger partial charge is 0.287 e. The summed E-state index contributed by atoms with van der Waals surface area (Å²) in [5.74, 6) is -0.0242. The summed E-state index contributed by atoms with van der Waals surface area (Å²) < 4.78 is 5.10. The van der Waals surface area contributed by atoms with Crippen LogP contribution in [0.3, 0.4) is 0 Å². The van der Waals surface area contributed by atoms with E-state index in [0.717, 1.165) is 25.9 Å². The predicted molar refractivity (Wildman–Crippen MR) is 84.5 cm³/mol. The highest BCUT2D eigenvalue weighted by atomic mass is 16.3. The zero-order valence-electron chi connectivity index (χ0n) is 13.5. The number of carbonyl (C=O) groups excluding carboxylic acids is 2. The molecule has 1 fully saturated rings. The summed E-state index contributed by atoms with van der Waals surface area (Å²) in [6.07, 6.45) is 7.15. The van der Waals surface area contributed by atoms with Gasteiger partial charge in [-0.25, -0.2) is 0 Å². The molecule has 0 aliphatic carbocycles. The molecule has 1 atom stereocenters. The van der Waals surface area contributed by atoms with E-state index in [0.29, 0.717) is 0 Å². The first-order chi connectivity index (χ1) is 10.6. The molecule has 1 aliphatic heterocycles. The number of carbonyl (C=O) groups is 2. The molecule has 0 saturated carbocycles. The average molecular weight is 306 g/mol. The molecule has 1 aliphatic rings. The number of rotatable bonds is 4. The van der Waals surface area contributed by atoms with Crippen molar-refractivity contribution in [1.82, 2.24) is 10.2 Å². The van der Waals surface area contributed by atoms with E-state index in [2.05, 4.69) is 5.32 Å². The molecule has 5 nitrogen and oxygen atoms in total. The maximum atomic E-state index is 12.8. The van der Waals surface area contributed by atoms with E-state index >= 15 is 0 Å². The van der Waals surface area contributed by atoms with Crippen LogP contribution in [-0.2, 0) is 4.79 Å². The van der Waals surface area contributed by atoms with Gasteiger partial charge in [0.1, 0.15) is 6.04 Å². The molecule has 1 aromatic heterocycles. The number of hydrogen-bond donors (Lipinski definition) is 1. The van der Waals surface area contributed by atoms with E-state index in [1.54, 1.807) is 12.1 Å². The molecular weight excluding hydrogens is 280 g/mol. The van der Waals surface area contributed by atoms with Gasteiger partial charge in [0.05, 0.1) is 6.26 Å². The summed E-state index contributed by atoms with van der Waals surface area (Å²) in [4.78, 5) is 26.9. The monoisotopic (exact) mass is 306 g/mol. The number of amides is 2. The van der Waals surface area contributed by atoms with Crippen molar-refractivity contribution < 1.29 is 14.0 Å². The molecule has 0 bridgehead atoms. The second-order valence-corrected chi connectivity index (χ2v) is 6.27. The Kier molecular flexibility index (Phi) is 6.04. The fraction of sp³-hybridized carbons (Fsp3) is 0.647. The standard InChI is InChI=1S/C17H26N2O3/c1-13(2)15(18-16(20)14-9-8-12-22-14)17(21)19-10-6-4-3-5-7-11-19/h8-9,12-13,15H,3-7,10-11H2,1-2H3,(H,18,20). The average Bonchev–Trinajstić information content (AvgIpc) is 2.97. The van der Waals surface area contributed by atoms with Crippen LogP contribution in [0.15, 0.2) is 22.8 Å². The van der Waals surface area contributed by atoms with Crippen molar-refractivity contribution >= 4 is 11.8 Å². The summed E-state index contributed by atoms with van der Waals surface area (Å²) in [6, 6.07) is 2.77. The Morgan fingerprint density at radius 3 is 2.32 bits per heavy atom. The van der Waals surface area contributed by atoms with Crippen LogP contribution >= 0.6 is 0 Å². The molecule has 122 valence electrons. The maximum Gasteiger partial charge on any atom is 0.287 e. The molecular formula is C17H26N2O3. The van der Waals surface area contributed by atoms with Crippen LogP contribution in [0.1, 0.15) is 56.5 Å². The number of nitrogens with one attached hydrogen (secondary N) is 1. The van der Waals surface area contributed by atoms with Crippen molar-refractivity contribution in [2.75, 3.05) is 13.1 Å². The number of nitrogens with zero attached hydrogens (tertiary/aromatic N) is 1. The Bertz CT molecular complexity index is 474. The molecule has 1 aromatic rings. The number of furan rings is 1. The quantitative estimate of drug-likeness (QED) is 0.930. The number of likely N-dealkylation sites (tertiary alicyclic amines) is 1. The lowest BCUT2D eigenvalue weighted by Crippen LogP contribution is -2.51. The molecule has 0 aromatic carbocycles. The van der Waals surface area contributed by atoms with E-state index in [1.807, 2.05) is 18.7 Å². The van der Waals surface area contributed by atoms with Gasteiger partial charge in [-0.05, 0) is 30.9 Å². The largest absolute Gasteiger partial charge is 0.459 e. The minimum absolute atomic E-state index is 0.0248. The summed E-state index contributed by atoms with van der Waals surface area (Å²) in [7, 11) is 0. The zero-order valence-corrected chi connectivity index (χ0v) is 13.5. The van der Waals surface area contributed by atoms with E-state index in [1.165, 1.54) is 25.5 Å². The third kappa shape index (κ3) is 4.36. The lowest BCUT2D eigenvalue weighted by molar-refractivity contribution is -0.134. The predicted octanol–water partition coefficient (Wildman–Crippen LogP) is 2.83. The van der Waals surface area contributed by atoms with Gasteiger partial charge >= 0.3 is 0 Å². The fourth-order valence-corrected chi connectivity index (χ4v) is 2.80. The van der Waals surface area contributed by atoms with Crippen LogP contribution in [0.2, 0.25) is 0 Å². The Hall–Kier alpha value is -1.78. The third-order valence-corrected chi connectivity index (χ3v) is 4.13. The van der Waals surface area contributed by atoms with Crippen LogP contribution in [0.4, 0.5) is 0 Å². The van der Waals surface area contributed by atoms with E-state index in [-0.39, 0.29) is 23.5 Å². The van der Waals surface area contributed by atoms with Crippen LogP contribution in [0.25, 0.3) is 0 Å². The Morgan fingerprint density at radius 2 is 1.77 bits per heavy atom. The summed E-state index contributed by atoms with van der Waals surface area (Å²) in [6.45, 7) is 5.49. The SMILES string of the molecule is CC(C)C(NC(=O)c1ccco1)C(=O)N1CCCCCCC1. The van der Waals surface area contributed by atoms with Gasteiger partial charge in [-0.2, -0.15) is 0 Å². The zero-order chi connectivity index (χ0) is 15.9. The van der Waals surface area contributed by atoms with Gasteiger partial charge < -0.3 is 14.6 Å². The van der Waals surface area contributed by atoms with Gasteiger partial charge in [-0.15, -0.1) is 0 Å². The van der Waals surface area contributed by atoms with Gasteiger partial charge in [0.25, 0.3) is 5.91 Å². The van der Waals surface area contributed by atoms with E-state index in [9.17, 15) is 9.59 Å². The van der Waals surface area contributed by atoms with E-state index in [4.69, 9.17) is 4.42 Å². The molecule has 22 heavy (non-hydrogen) atoms. The van der Waals surface area contributed by atoms with Crippen molar-refractivity contribution in [2.45, 2.75) is 52.0 Å². The lowest BCUT2D eigenvalue weighted by Gasteiger charge is -2.30. The van der Waals surface area contributed by atoms with Crippen molar-refractivity contribution in [3.8, 4) is 0 Å². The van der Waals surface area contributed by atoms with Gasteiger partial charge in [-0.1, -0.05) is 33.1 Å². The van der Waals surface area contributed by atoms with Crippen molar-refractivity contribution in [1.29, 1.82) is 0 Å². The van der Waals surface area contributed by atoms with Crippen molar-refractivity contribution in [2.24, 2.45) is 5.92 Å². The minimum atomic E-state index is -0.503. The Morgan fingerprint density at radius 1 is 1.14 bits per heavy atom. The highest BCUT2D eigenvalue weighted by Gasteiger charge is 2.29. The van der Waals surface area contributed by atoms with Crippen LogP contribution in [-0.4, -0.2) is 35.8 Å². The van der Waals surface area contributed by atoms with Gasteiger partial charge in [-0.3, -0.25) is 9.59 Å². The molecule has 2 amide bonds. The summed E-state index contributed by atoms with van der Waals surface area (Å²) in [5.41, 5.74) is 0. The molecule has 1 N–H and O–H groups in total. The first-order valence-electron chi connectivity index (χ1n) is 8.22. The lowest BCUT2D eigenvalue weighted by atomic mass is 10.0. The molecule has 1 unspecified atom stereocenters. The number of hydrogen-bond acceptors (Lipinski definition) is 3. The van der Waals surface area contributed by atoms with Crippen molar-refractivity contribution in [3.05, 3.63) is 24.2 Å². The Labute approximate surface area is 132 Å². The highest BCUT2D eigenvalue weighted by molar-refractivity contribution is 5.95. The topological polar surface area (TPSA) is 62.6 Å². The second kappa shape index (κ2) is 8.01. The van der Waals surface area contributed by atoms with Gasteiger partial charge in [0.15, 0.2) is 5.76 Å². The normalized spacial score (nSPS) is 17.7. The van der Waals surface area contributed by atoms with Gasteiger partial charge in [0, 0.05) is 13.1 Å². The first kappa shape index (κ1) is 16.6. The summed E-state index contributed by atoms with van der Waals surface area (Å²) >= 11 is 0. The van der Waals surface area contributed by atoms with E-state index < -0.39 is 6.04 Å². The van der Waals surface area contributed by atoms with Crippen LogP contribution < -0.4 is 5.32 Å². The second-order valence-electron chi connectivity index (χ2n) is 6.27. The first-order valence-corrected chi connectivity index (χ1v) is 8.22. The molecule has 1 saturated heterocycles. The molecule has 2 rings (SSSR count). The fourth-order valence-electron chi connectivity index (χ4n) is 2.80. The highest BCUT2D eigenvalue weighted by Crippen LogP contribution is 2.14. The molecule has 2 heterocycles. The molecule has 0 spiro atoms. The molecule has 0 radical (unpaired) electrons. The minimum Gasteiger partial charge on any atom is -0.459 e. The van der Waals surface area contributed by atoms with Crippen LogP contribution in [0.5, 0.6) is 0 Å². The summed E-state index contributed by atoms with van der Waals surface area (Å²) in [5, 5.41) is 2.83.